The molecule has 3 unspecified atom stereocenters. The van der Waals surface area contributed by atoms with Crippen LogP contribution in [0.3, 0.4) is 0 Å². The lowest BCUT2D eigenvalue weighted by molar-refractivity contribution is 0.302. The highest BCUT2D eigenvalue weighted by Crippen LogP contribution is 2.29. The SMILES string of the molecule is CC1CCCCCC(C)C(C)C1. The van der Waals surface area contributed by atoms with Crippen LogP contribution >= 0.6 is 0 Å². The van der Waals surface area contributed by atoms with Gasteiger partial charge in [0.05, 0.1) is 0 Å². The first-order valence-electron chi connectivity index (χ1n) is 5.70. The number of hydrogen-bond donors (Lipinski definition) is 0. The third-order valence-corrected chi connectivity index (χ3v) is 3.60. The summed E-state index contributed by atoms with van der Waals surface area (Å²) >= 11 is 0. The summed E-state index contributed by atoms with van der Waals surface area (Å²) in [7, 11) is 0. The van der Waals surface area contributed by atoms with E-state index in [1.165, 1.54) is 38.5 Å². The van der Waals surface area contributed by atoms with E-state index in [0.717, 1.165) is 17.8 Å². The monoisotopic (exact) mass is 168 g/mol. The van der Waals surface area contributed by atoms with Crippen LogP contribution in [0.4, 0.5) is 0 Å². The molecular weight excluding hydrogens is 144 g/mol. The van der Waals surface area contributed by atoms with Gasteiger partial charge in [0.15, 0.2) is 0 Å². The van der Waals surface area contributed by atoms with E-state index in [1.807, 2.05) is 0 Å². The van der Waals surface area contributed by atoms with Crippen molar-refractivity contribution in [2.75, 3.05) is 0 Å². The third-order valence-electron chi connectivity index (χ3n) is 3.60. The molecule has 72 valence electrons. The zero-order valence-electron chi connectivity index (χ0n) is 8.97. The third kappa shape index (κ3) is 3.16. The lowest BCUT2D eigenvalue weighted by Crippen LogP contribution is -2.10. The van der Waals surface area contributed by atoms with E-state index >= 15 is 0 Å². The predicted octanol–water partition coefficient (Wildman–Crippen LogP) is 4.25. The summed E-state index contributed by atoms with van der Waals surface area (Å²) in [5, 5.41) is 0. The van der Waals surface area contributed by atoms with Crippen LogP contribution in [-0.2, 0) is 0 Å². The van der Waals surface area contributed by atoms with Gasteiger partial charge in [-0.05, 0) is 24.2 Å². The van der Waals surface area contributed by atoms with Crippen LogP contribution in [0.15, 0.2) is 0 Å². The molecule has 1 aliphatic rings. The van der Waals surface area contributed by atoms with Gasteiger partial charge >= 0.3 is 0 Å². The summed E-state index contributed by atoms with van der Waals surface area (Å²) < 4.78 is 0. The first-order valence-corrected chi connectivity index (χ1v) is 5.70. The largest absolute Gasteiger partial charge is 0.0625 e. The van der Waals surface area contributed by atoms with E-state index in [-0.39, 0.29) is 0 Å². The molecule has 3 atom stereocenters. The van der Waals surface area contributed by atoms with Gasteiger partial charge in [0.1, 0.15) is 0 Å². The fourth-order valence-corrected chi connectivity index (χ4v) is 2.41. The Morgan fingerprint density at radius 2 is 1.42 bits per heavy atom. The van der Waals surface area contributed by atoms with E-state index in [4.69, 9.17) is 0 Å². The van der Waals surface area contributed by atoms with Gasteiger partial charge in [-0.2, -0.15) is 0 Å². The Kier molecular flexibility index (Phi) is 4.11. The minimum Gasteiger partial charge on any atom is -0.0625 e. The highest BCUT2D eigenvalue weighted by molar-refractivity contribution is 4.68. The second kappa shape index (κ2) is 4.89. The van der Waals surface area contributed by atoms with Gasteiger partial charge in [0.2, 0.25) is 0 Å². The van der Waals surface area contributed by atoms with Crippen molar-refractivity contribution in [3.05, 3.63) is 0 Å². The molecule has 0 aromatic carbocycles. The summed E-state index contributed by atoms with van der Waals surface area (Å²) in [5.74, 6) is 2.89. The molecule has 0 radical (unpaired) electrons. The average molecular weight is 168 g/mol. The fourth-order valence-electron chi connectivity index (χ4n) is 2.41. The summed E-state index contributed by atoms with van der Waals surface area (Å²) in [6.45, 7) is 7.30. The van der Waals surface area contributed by atoms with Crippen molar-refractivity contribution in [2.24, 2.45) is 17.8 Å². The second-order valence-electron chi connectivity index (χ2n) is 4.93. The molecule has 0 nitrogen and oxygen atoms in total. The van der Waals surface area contributed by atoms with Crippen LogP contribution < -0.4 is 0 Å². The Labute approximate surface area is 77.7 Å². The molecule has 0 aliphatic heterocycles. The van der Waals surface area contributed by atoms with Crippen LogP contribution in [0.25, 0.3) is 0 Å². The number of rotatable bonds is 0. The molecule has 0 heterocycles. The maximum Gasteiger partial charge on any atom is -0.0414 e. The standard InChI is InChI=1S/C12H24/c1-10-7-5-4-6-8-11(2)12(3)9-10/h10-12H,4-9H2,1-3H3. The van der Waals surface area contributed by atoms with Gasteiger partial charge in [-0.3, -0.25) is 0 Å². The van der Waals surface area contributed by atoms with Crippen molar-refractivity contribution in [1.82, 2.24) is 0 Å². The van der Waals surface area contributed by atoms with E-state index < -0.39 is 0 Å². The van der Waals surface area contributed by atoms with Crippen molar-refractivity contribution >= 4 is 0 Å². The van der Waals surface area contributed by atoms with Crippen LogP contribution in [0, 0.1) is 17.8 Å². The summed E-state index contributed by atoms with van der Waals surface area (Å²) in [6.07, 6.45) is 8.81. The molecule has 0 spiro atoms. The molecule has 1 fully saturated rings. The molecule has 0 saturated heterocycles. The van der Waals surface area contributed by atoms with Crippen LogP contribution in [0.2, 0.25) is 0 Å². The van der Waals surface area contributed by atoms with Gasteiger partial charge in [-0.15, -0.1) is 0 Å². The molecule has 0 aromatic heterocycles. The zero-order chi connectivity index (χ0) is 8.97. The topological polar surface area (TPSA) is 0 Å². The minimum absolute atomic E-state index is 0.957. The molecule has 0 aromatic rings. The Balaban J connectivity index is 2.40. The Morgan fingerprint density at radius 3 is 2.17 bits per heavy atom. The van der Waals surface area contributed by atoms with Gasteiger partial charge in [0.25, 0.3) is 0 Å². The molecule has 0 N–H and O–H groups in total. The summed E-state index contributed by atoms with van der Waals surface area (Å²) in [4.78, 5) is 0. The van der Waals surface area contributed by atoms with Crippen LogP contribution in [0.5, 0.6) is 0 Å². The molecule has 1 aliphatic carbocycles. The van der Waals surface area contributed by atoms with Crippen molar-refractivity contribution in [3.63, 3.8) is 0 Å². The molecule has 0 heteroatoms. The first kappa shape index (κ1) is 10.1. The van der Waals surface area contributed by atoms with Crippen LogP contribution in [-0.4, -0.2) is 0 Å². The maximum atomic E-state index is 2.44. The molecule has 12 heavy (non-hydrogen) atoms. The van der Waals surface area contributed by atoms with Crippen LogP contribution in [0.1, 0.15) is 59.3 Å². The minimum atomic E-state index is 0.957. The Morgan fingerprint density at radius 1 is 0.750 bits per heavy atom. The van der Waals surface area contributed by atoms with Crippen molar-refractivity contribution < 1.29 is 0 Å². The average Bonchev–Trinajstić information content (AvgIpc) is 2.07. The number of hydrogen-bond acceptors (Lipinski definition) is 0. The van der Waals surface area contributed by atoms with Gasteiger partial charge < -0.3 is 0 Å². The summed E-state index contributed by atoms with van der Waals surface area (Å²) in [6, 6.07) is 0. The quantitative estimate of drug-likeness (QED) is 0.507. The molecule has 0 amide bonds. The van der Waals surface area contributed by atoms with Crippen molar-refractivity contribution in [2.45, 2.75) is 59.3 Å². The smallest absolute Gasteiger partial charge is 0.0414 e. The van der Waals surface area contributed by atoms with E-state index in [0.29, 0.717) is 0 Å². The van der Waals surface area contributed by atoms with Gasteiger partial charge in [-0.1, -0.05) is 52.9 Å². The highest BCUT2D eigenvalue weighted by Gasteiger charge is 2.16. The Bertz CT molecular complexity index is 117. The Hall–Kier alpha value is 0. The molecule has 0 bridgehead atoms. The highest BCUT2D eigenvalue weighted by atomic mass is 14.2. The normalized spacial score (nSPS) is 39.8. The molecular formula is C12H24. The zero-order valence-corrected chi connectivity index (χ0v) is 8.97. The van der Waals surface area contributed by atoms with Gasteiger partial charge in [0, 0.05) is 0 Å². The van der Waals surface area contributed by atoms with Crippen molar-refractivity contribution in [3.8, 4) is 0 Å². The van der Waals surface area contributed by atoms with E-state index in [2.05, 4.69) is 20.8 Å². The fraction of sp³-hybridized carbons (Fsp3) is 1.00. The first-order chi connectivity index (χ1) is 5.70. The predicted molar refractivity (Wildman–Crippen MR) is 55.2 cm³/mol. The maximum absolute atomic E-state index is 2.44. The van der Waals surface area contributed by atoms with E-state index in [9.17, 15) is 0 Å². The lowest BCUT2D eigenvalue weighted by atomic mass is 9.85. The second-order valence-corrected chi connectivity index (χ2v) is 4.93. The van der Waals surface area contributed by atoms with Crippen molar-refractivity contribution in [1.29, 1.82) is 0 Å². The lowest BCUT2D eigenvalue weighted by Gasteiger charge is -2.21. The van der Waals surface area contributed by atoms with E-state index in [1.54, 1.807) is 0 Å². The summed E-state index contributed by atoms with van der Waals surface area (Å²) in [5.41, 5.74) is 0. The van der Waals surface area contributed by atoms with Gasteiger partial charge in [-0.25, -0.2) is 0 Å². The molecule has 1 saturated carbocycles. The molecule has 1 rings (SSSR count).